The van der Waals surface area contributed by atoms with E-state index < -0.39 is 11.9 Å². The van der Waals surface area contributed by atoms with Crippen molar-refractivity contribution in [1.82, 2.24) is 10.3 Å². The van der Waals surface area contributed by atoms with Crippen LogP contribution in [-0.2, 0) is 4.79 Å². The van der Waals surface area contributed by atoms with E-state index in [0.29, 0.717) is 16.6 Å². The molecule has 3 rings (SSSR count). The van der Waals surface area contributed by atoms with E-state index in [1.807, 2.05) is 18.2 Å². The number of carbonyl (C=O) groups excluding carboxylic acids is 2. The molecule has 0 spiro atoms. The van der Waals surface area contributed by atoms with Crippen molar-refractivity contribution < 1.29 is 9.59 Å². The zero-order valence-electron chi connectivity index (χ0n) is 12.3. The molecule has 0 fully saturated rings. The Bertz CT molecular complexity index is 857. The summed E-state index contributed by atoms with van der Waals surface area (Å²) in [5, 5.41) is 3.54. The lowest BCUT2D eigenvalue weighted by atomic mass is 10.0. The average molecular weight is 305 g/mol. The van der Waals surface area contributed by atoms with Crippen LogP contribution in [0.25, 0.3) is 10.9 Å². The second-order valence-corrected chi connectivity index (χ2v) is 5.10. The third kappa shape index (κ3) is 3.03. The smallest absolute Gasteiger partial charge is 0.254 e. The first-order chi connectivity index (χ1) is 11.2. The molecule has 5 heteroatoms. The fourth-order valence-electron chi connectivity index (χ4n) is 2.46. The molecule has 23 heavy (non-hydrogen) atoms. The molecule has 1 aromatic heterocycles. The van der Waals surface area contributed by atoms with Gasteiger partial charge in [0.15, 0.2) is 0 Å². The number of nitrogens with zero attached hydrogens (tertiary/aromatic N) is 1. The first-order valence-corrected chi connectivity index (χ1v) is 7.15. The van der Waals surface area contributed by atoms with Crippen molar-refractivity contribution in [3.05, 3.63) is 78.0 Å². The lowest BCUT2D eigenvalue weighted by molar-refractivity contribution is -0.120. The van der Waals surface area contributed by atoms with Gasteiger partial charge in [-0.05, 0) is 17.7 Å². The quantitative estimate of drug-likeness (QED) is 0.775. The molecule has 2 amide bonds. The van der Waals surface area contributed by atoms with Crippen molar-refractivity contribution in [2.75, 3.05) is 0 Å². The molecule has 0 saturated heterocycles. The van der Waals surface area contributed by atoms with Gasteiger partial charge in [-0.2, -0.15) is 0 Å². The molecule has 0 saturated carbocycles. The predicted molar refractivity (Wildman–Crippen MR) is 87.6 cm³/mol. The van der Waals surface area contributed by atoms with Gasteiger partial charge in [-0.3, -0.25) is 14.6 Å². The molecule has 0 aliphatic heterocycles. The number of fused-ring (bicyclic) bond motifs is 1. The van der Waals surface area contributed by atoms with Crippen molar-refractivity contribution >= 4 is 22.7 Å². The number of nitrogens with two attached hydrogens (primary N) is 1. The zero-order valence-corrected chi connectivity index (χ0v) is 12.3. The summed E-state index contributed by atoms with van der Waals surface area (Å²) in [6, 6.07) is 17.0. The maximum absolute atomic E-state index is 12.6. The van der Waals surface area contributed by atoms with Crippen LogP contribution < -0.4 is 11.1 Å². The zero-order chi connectivity index (χ0) is 16.2. The van der Waals surface area contributed by atoms with Crippen LogP contribution in [-0.4, -0.2) is 16.8 Å². The van der Waals surface area contributed by atoms with Crippen molar-refractivity contribution in [3.8, 4) is 0 Å². The summed E-state index contributed by atoms with van der Waals surface area (Å²) in [6.45, 7) is 0. The Morgan fingerprint density at radius 3 is 2.43 bits per heavy atom. The number of pyridine rings is 1. The highest BCUT2D eigenvalue weighted by Crippen LogP contribution is 2.18. The molecule has 0 radical (unpaired) electrons. The SMILES string of the molecule is NC(=O)C(NC(=O)c1cccc2cccnc12)c1ccccc1. The summed E-state index contributed by atoms with van der Waals surface area (Å²) in [5.41, 5.74) is 7.07. The molecule has 1 unspecified atom stereocenters. The van der Waals surface area contributed by atoms with Gasteiger partial charge >= 0.3 is 0 Å². The van der Waals surface area contributed by atoms with Crippen LogP contribution in [0.15, 0.2) is 66.9 Å². The fourth-order valence-corrected chi connectivity index (χ4v) is 2.46. The van der Waals surface area contributed by atoms with E-state index in [4.69, 9.17) is 5.73 Å². The topological polar surface area (TPSA) is 85.1 Å². The first kappa shape index (κ1) is 14.7. The molecule has 0 bridgehead atoms. The standard InChI is InChI=1S/C18H15N3O2/c19-17(22)16(13-6-2-1-3-7-13)21-18(23)14-10-4-8-12-9-5-11-20-15(12)14/h1-11,16H,(H2,19,22)(H,21,23). The van der Waals surface area contributed by atoms with Crippen LogP contribution in [0.3, 0.4) is 0 Å². The molecule has 5 nitrogen and oxygen atoms in total. The minimum absolute atomic E-state index is 0.387. The summed E-state index contributed by atoms with van der Waals surface area (Å²) >= 11 is 0. The van der Waals surface area contributed by atoms with Gasteiger partial charge in [0, 0.05) is 11.6 Å². The second-order valence-electron chi connectivity index (χ2n) is 5.10. The van der Waals surface area contributed by atoms with E-state index in [0.717, 1.165) is 5.39 Å². The van der Waals surface area contributed by atoms with Crippen LogP contribution in [0, 0.1) is 0 Å². The molecule has 114 valence electrons. The Morgan fingerprint density at radius 1 is 0.957 bits per heavy atom. The number of hydrogen-bond donors (Lipinski definition) is 2. The molecule has 3 aromatic rings. The third-order valence-corrected chi connectivity index (χ3v) is 3.57. The monoisotopic (exact) mass is 305 g/mol. The third-order valence-electron chi connectivity index (χ3n) is 3.57. The van der Waals surface area contributed by atoms with Crippen LogP contribution in [0.2, 0.25) is 0 Å². The van der Waals surface area contributed by atoms with Crippen LogP contribution in [0.4, 0.5) is 0 Å². The Balaban J connectivity index is 1.94. The number of aromatic nitrogens is 1. The van der Waals surface area contributed by atoms with Crippen molar-refractivity contribution in [2.24, 2.45) is 5.73 Å². The largest absolute Gasteiger partial charge is 0.368 e. The summed E-state index contributed by atoms with van der Waals surface area (Å²) in [6.07, 6.45) is 1.63. The van der Waals surface area contributed by atoms with Crippen LogP contribution in [0.1, 0.15) is 22.0 Å². The Kier molecular flexibility index (Phi) is 4.01. The van der Waals surface area contributed by atoms with Crippen molar-refractivity contribution in [2.45, 2.75) is 6.04 Å². The molecule has 0 aliphatic carbocycles. The Hall–Kier alpha value is -3.21. The molecule has 2 aromatic carbocycles. The lowest BCUT2D eigenvalue weighted by Gasteiger charge is -2.16. The van der Waals surface area contributed by atoms with Gasteiger partial charge in [-0.15, -0.1) is 0 Å². The van der Waals surface area contributed by atoms with E-state index in [1.54, 1.807) is 48.7 Å². The number of benzene rings is 2. The van der Waals surface area contributed by atoms with Crippen molar-refractivity contribution in [1.29, 1.82) is 0 Å². The van der Waals surface area contributed by atoms with Gasteiger partial charge in [0.05, 0.1) is 11.1 Å². The van der Waals surface area contributed by atoms with Gasteiger partial charge in [-0.25, -0.2) is 0 Å². The lowest BCUT2D eigenvalue weighted by Crippen LogP contribution is -2.37. The van der Waals surface area contributed by atoms with Gasteiger partial charge in [0.2, 0.25) is 5.91 Å². The van der Waals surface area contributed by atoms with Crippen LogP contribution >= 0.6 is 0 Å². The normalized spacial score (nSPS) is 11.8. The number of para-hydroxylation sites is 1. The van der Waals surface area contributed by atoms with Gasteiger partial charge in [0.1, 0.15) is 6.04 Å². The fraction of sp³-hybridized carbons (Fsp3) is 0.0556. The highest BCUT2D eigenvalue weighted by Gasteiger charge is 2.21. The van der Waals surface area contributed by atoms with Crippen molar-refractivity contribution in [3.63, 3.8) is 0 Å². The van der Waals surface area contributed by atoms with E-state index in [1.165, 1.54) is 0 Å². The maximum atomic E-state index is 12.6. The maximum Gasteiger partial charge on any atom is 0.254 e. The minimum Gasteiger partial charge on any atom is -0.368 e. The number of nitrogens with one attached hydrogen (secondary N) is 1. The van der Waals surface area contributed by atoms with Gasteiger partial charge in [-0.1, -0.05) is 48.5 Å². The van der Waals surface area contributed by atoms with E-state index in [2.05, 4.69) is 10.3 Å². The second kappa shape index (κ2) is 6.27. The summed E-state index contributed by atoms with van der Waals surface area (Å²) in [5.74, 6) is -1.00. The highest BCUT2D eigenvalue weighted by molar-refractivity contribution is 6.06. The molecular formula is C18H15N3O2. The number of hydrogen-bond acceptors (Lipinski definition) is 3. The molecule has 1 atom stereocenters. The van der Waals surface area contributed by atoms with E-state index in [-0.39, 0.29) is 5.91 Å². The first-order valence-electron chi connectivity index (χ1n) is 7.15. The number of primary amides is 1. The van der Waals surface area contributed by atoms with Gasteiger partial charge < -0.3 is 11.1 Å². The number of rotatable bonds is 4. The molecular weight excluding hydrogens is 290 g/mol. The number of amides is 2. The summed E-state index contributed by atoms with van der Waals surface area (Å²) in [4.78, 5) is 28.6. The van der Waals surface area contributed by atoms with Crippen LogP contribution in [0.5, 0.6) is 0 Å². The summed E-state index contributed by atoms with van der Waals surface area (Å²) in [7, 11) is 0. The molecule has 1 heterocycles. The van der Waals surface area contributed by atoms with E-state index >= 15 is 0 Å². The average Bonchev–Trinajstić information content (AvgIpc) is 2.59. The predicted octanol–water partition coefficient (Wildman–Crippen LogP) is 2.19. The van der Waals surface area contributed by atoms with Gasteiger partial charge in [0.25, 0.3) is 5.91 Å². The Labute approximate surface area is 133 Å². The van der Waals surface area contributed by atoms with E-state index in [9.17, 15) is 9.59 Å². The summed E-state index contributed by atoms with van der Waals surface area (Å²) < 4.78 is 0. The molecule has 3 N–H and O–H groups in total. The molecule has 0 aliphatic rings. The minimum atomic E-state index is -0.886. The highest BCUT2D eigenvalue weighted by atomic mass is 16.2. The Morgan fingerprint density at radius 2 is 1.70 bits per heavy atom. The number of carbonyl (C=O) groups is 2.